The molecular weight excluding hydrogens is 400 g/mol. The number of nitro benzene ring substituents is 1. The van der Waals surface area contributed by atoms with Crippen molar-refractivity contribution in [1.82, 2.24) is 10.6 Å². The first kappa shape index (κ1) is 20.4. The molecule has 160 valence electrons. The van der Waals surface area contributed by atoms with Crippen LogP contribution in [0.25, 0.3) is 0 Å². The summed E-state index contributed by atoms with van der Waals surface area (Å²) in [7, 11) is 0. The molecule has 4 rings (SSSR count). The second-order valence-corrected chi connectivity index (χ2v) is 7.30. The molecule has 0 radical (unpaired) electrons. The van der Waals surface area contributed by atoms with Crippen LogP contribution in [-0.2, 0) is 16.0 Å². The van der Waals surface area contributed by atoms with Gasteiger partial charge >= 0.3 is 12.0 Å². The van der Waals surface area contributed by atoms with E-state index in [1.54, 1.807) is 13.0 Å². The number of amides is 2. The molecule has 0 bridgehead atoms. The molecule has 0 spiro atoms. The van der Waals surface area contributed by atoms with E-state index in [4.69, 9.17) is 4.74 Å². The Morgan fingerprint density at radius 1 is 1.26 bits per heavy atom. The molecular formula is C22H22N4O5. The number of carbonyl (C=O) groups is 2. The molecule has 1 atom stereocenters. The highest BCUT2D eigenvalue weighted by molar-refractivity contribution is 5.95. The van der Waals surface area contributed by atoms with E-state index in [0.717, 1.165) is 18.7 Å². The summed E-state index contributed by atoms with van der Waals surface area (Å²) in [5, 5.41) is 16.7. The Morgan fingerprint density at radius 2 is 2.06 bits per heavy atom. The van der Waals surface area contributed by atoms with Gasteiger partial charge in [0.25, 0.3) is 5.69 Å². The number of benzene rings is 2. The van der Waals surface area contributed by atoms with Crippen LogP contribution in [0.4, 0.5) is 16.2 Å². The van der Waals surface area contributed by atoms with Gasteiger partial charge in [-0.2, -0.15) is 0 Å². The summed E-state index contributed by atoms with van der Waals surface area (Å²) >= 11 is 0. The summed E-state index contributed by atoms with van der Waals surface area (Å²) in [6.07, 6.45) is 0.874. The molecule has 0 aliphatic carbocycles. The molecule has 2 N–H and O–H groups in total. The Kier molecular flexibility index (Phi) is 5.57. The minimum Gasteiger partial charge on any atom is -0.463 e. The highest BCUT2D eigenvalue weighted by Crippen LogP contribution is 2.33. The summed E-state index contributed by atoms with van der Waals surface area (Å²) in [5.74, 6) is -0.575. The van der Waals surface area contributed by atoms with Gasteiger partial charge in [-0.25, -0.2) is 9.59 Å². The lowest BCUT2D eigenvalue weighted by molar-refractivity contribution is -0.384. The van der Waals surface area contributed by atoms with E-state index in [1.807, 2.05) is 18.2 Å². The van der Waals surface area contributed by atoms with E-state index in [9.17, 15) is 19.7 Å². The Morgan fingerprint density at radius 3 is 2.84 bits per heavy atom. The number of rotatable bonds is 6. The predicted octanol–water partition coefficient (Wildman–Crippen LogP) is 2.83. The Balaban J connectivity index is 1.76. The van der Waals surface area contributed by atoms with Gasteiger partial charge in [0, 0.05) is 24.4 Å². The number of carbonyl (C=O) groups excluding carboxylic acids is 2. The second-order valence-electron chi connectivity index (χ2n) is 7.30. The summed E-state index contributed by atoms with van der Waals surface area (Å²) < 4.78 is 5.27. The van der Waals surface area contributed by atoms with Gasteiger partial charge in [0.15, 0.2) is 0 Å². The lowest BCUT2D eigenvalue weighted by Crippen LogP contribution is -2.48. The van der Waals surface area contributed by atoms with Gasteiger partial charge in [-0.3, -0.25) is 10.1 Å². The van der Waals surface area contributed by atoms with Crippen LogP contribution in [0.3, 0.4) is 0 Å². The molecule has 2 aromatic rings. The number of ether oxygens (including phenoxy) is 1. The van der Waals surface area contributed by atoms with Crippen molar-refractivity contribution in [2.75, 3.05) is 24.6 Å². The van der Waals surface area contributed by atoms with Crippen molar-refractivity contribution < 1.29 is 19.2 Å². The summed E-state index contributed by atoms with van der Waals surface area (Å²) in [6, 6.07) is 12.6. The second kappa shape index (κ2) is 8.47. The number of urea groups is 1. The van der Waals surface area contributed by atoms with Gasteiger partial charge in [-0.05, 0) is 30.5 Å². The van der Waals surface area contributed by atoms with Crippen LogP contribution in [-0.4, -0.2) is 36.6 Å². The SMILES string of the molecule is CCOC(=O)C1=C(CN2CCc3ccccc32)NC(=O)N[C@@H]1c1cccc([N+](=O)[O-])c1. The highest BCUT2D eigenvalue weighted by atomic mass is 16.6. The van der Waals surface area contributed by atoms with E-state index in [-0.39, 0.29) is 17.9 Å². The van der Waals surface area contributed by atoms with Crippen molar-refractivity contribution in [3.63, 3.8) is 0 Å². The summed E-state index contributed by atoms with van der Waals surface area (Å²) in [4.78, 5) is 38.2. The van der Waals surface area contributed by atoms with E-state index < -0.39 is 23.0 Å². The maximum atomic E-state index is 12.9. The summed E-state index contributed by atoms with van der Waals surface area (Å²) in [6.45, 7) is 2.93. The number of nitrogens with one attached hydrogen (secondary N) is 2. The van der Waals surface area contributed by atoms with Crippen LogP contribution in [0, 0.1) is 10.1 Å². The molecule has 9 nitrogen and oxygen atoms in total. The van der Waals surface area contributed by atoms with Crippen molar-refractivity contribution in [2.45, 2.75) is 19.4 Å². The number of anilines is 1. The first-order valence-corrected chi connectivity index (χ1v) is 10.0. The molecule has 2 amide bonds. The zero-order chi connectivity index (χ0) is 22.0. The zero-order valence-electron chi connectivity index (χ0n) is 17.0. The molecule has 2 aliphatic rings. The van der Waals surface area contributed by atoms with E-state index >= 15 is 0 Å². The molecule has 0 saturated carbocycles. The Labute approximate surface area is 178 Å². The monoisotopic (exact) mass is 422 g/mol. The molecule has 9 heteroatoms. The van der Waals surface area contributed by atoms with Crippen molar-refractivity contribution in [3.05, 3.63) is 81.0 Å². The molecule has 0 aromatic heterocycles. The molecule has 0 fully saturated rings. The largest absolute Gasteiger partial charge is 0.463 e. The van der Waals surface area contributed by atoms with Gasteiger partial charge in [-0.15, -0.1) is 0 Å². The number of fused-ring (bicyclic) bond motifs is 1. The molecule has 2 heterocycles. The van der Waals surface area contributed by atoms with Crippen molar-refractivity contribution in [2.24, 2.45) is 0 Å². The fourth-order valence-corrected chi connectivity index (χ4v) is 4.02. The maximum Gasteiger partial charge on any atom is 0.338 e. The first-order chi connectivity index (χ1) is 15.0. The number of non-ortho nitro benzene ring substituents is 1. The topological polar surface area (TPSA) is 114 Å². The average molecular weight is 422 g/mol. The molecule has 31 heavy (non-hydrogen) atoms. The smallest absolute Gasteiger partial charge is 0.338 e. The van der Waals surface area contributed by atoms with Gasteiger partial charge < -0.3 is 20.3 Å². The van der Waals surface area contributed by atoms with Gasteiger partial charge in [0.05, 0.1) is 35.4 Å². The number of hydrogen-bond donors (Lipinski definition) is 2. The summed E-state index contributed by atoms with van der Waals surface area (Å²) in [5.41, 5.74) is 3.24. The minimum atomic E-state index is -0.861. The highest BCUT2D eigenvalue weighted by Gasteiger charge is 2.35. The molecule has 2 aliphatic heterocycles. The number of para-hydroxylation sites is 1. The maximum absolute atomic E-state index is 12.9. The van der Waals surface area contributed by atoms with Crippen LogP contribution >= 0.6 is 0 Å². The van der Waals surface area contributed by atoms with Gasteiger partial charge in [-0.1, -0.05) is 30.3 Å². The van der Waals surface area contributed by atoms with E-state index in [0.29, 0.717) is 17.8 Å². The van der Waals surface area contributed by atoms with Gasteiger partial charge in [0.2, 0.25) is 0 Å². The van der Waals surface area contributed by atoms with Crippen LogP contribution in [0.2, 0.25) is 0 Å². The zero-order valence-corrected chi connectivity index (χ0v) is 17.0. The van der Waals surface area contributed by atoms with Crippen LogP contribution in [0.15, 0.2) is 59.8 Å². The third-order valence-electron chi connectivity index (χ3n) is 5.40. The molecule has 2 aromatic carbocycles. The minimum absolute atomic E-state index is 0.122. The number of nitro groups is 1. The molecule has 0 unspecified atom stereocenters. The van der Waals surface area contributed by atoms with E-state index in [1.165, 1.54) is 23.8 Å². The van der Waals surface area contributed by atoms with Crippen molar-refractivity contribution in [1.29, 1.82) is 0 Å². The fraction of sp³-hybridized carbons (Fsp3) is 0.273. The quantitative estimate of drug-likeness (QED) is 0.420. The van der Waals surface area contributed by atoms with Crippen LogP contribution < -0.4 is 15.5 Å². The standard InChI is InChI=1S/C22H22N4O5/c1-2-31-21(27)19-17(13-25-11-10-14-6-3-4-9-18(14)25)23-22(28)24-20(19)15-7-5-8-16(12-15)26(29)30/h3-9,12,20H,2,10-11,13H2,1H3,(H2,23,24,28)/t20-/m1/s1. The lowest BCUT2D eigenvalue weighted by Gasteiger charge is -2.31. The van der Waals surface area contributed by atoms with Crippen molar-refractivity contribution in [3.8, 4) is 0 Å². The van der Waals surface area contributed by atoms with Crippen molar-refractivity contribution >= 4 is 23.4 Å². The van der Waals surface area contributed by atoms with E-state index in [2.05, 4.69) is 21.6 Å². The molecule has 0 saturated heterocycles. The number of esters is 1. The Bertz CT molecular complexity index is 1080. The third kappa shape index (κ3) is 4.07. The third-order valence-corrected chi connectivity index (χ3v) is 5.40. The normalized spacial score (nSPS) is 17.6. The van der Waals surface area contributed by atoms with Gasteiger partial charge in [0.1, 0.15) is 0 Å². The van der Waals surface area contributed by atoms with Crippen LogP contribution in [0.1, 0.15) is 24.1 Å². The number of hydrogen-bond acceptors (Lipinski definition) is 6. The number of nitrogens with zero attached hydrogens (tertiary/aromatic N) is 2. The lowest BCUT2D eigenvalue weighted by atomic mass is 9.94. The average Bonchev–Trinajstić information content (AvgIpc) is 3.16. The fourth-order valence-electron chi connectivity index (χ4n) is 4.02. The first-order valence-electron chi connectivity index (χ1n) is 10.0. The Hall–Kier alpha value is -3.88. The van der Waals surface area contributed by atoms with Crippen LogP contribution in [0.5, 0.6) is 0 Å². The predicted molar refractivity (Wildman–Crippen MR) is 114 cm³/mol.